The van der Waals surface area contributed by atoms with E-state index in [-0.39, 0.29) is 11.9 Å². The second kappa shape index (κ2) is 8.86. The first-order chi connectivity index (χ1) is 14.2. The van der Waals surface area contributed by atoms with Gasteiger partial charge in [-0.05, 0) is 37.0 Å². The molecule has 1 aliphatic rings. The summed E-state index contributed by atoms with van der Waals surface area (Å²) in [7, 11) is 0. The number of piperazine rings is 1. The summed E-state index contributed by atoms with van der Waals surface area (Å²) < 4.78 is 5.42. The predicted octanol–water partition coefficient (Wildman–Crippen LogP) is 3.02. The molecular formula is C22H25N5O2. The summed E-state index contributed by atoms with van der Waals surface area (Å²) >= 11 is 0. The molecule has 7 nitrogen and oxygen atoms in total. The maximum atomic E-state index is 12.1. The molecule has 1 saturated heterocycles. The number of nitrogens with zero attached hydrogens (tertiary/aromatic N) is 4. The number of aromatic nitrogens is 3. The summed E-state index contributed by atoms with van der Waals surface area (Å²) in [4.78, 5) is 23.2. The monoisotopic (exact) mass is 391 g/mol. The molecule has 150 valence electrons. The Morgan fingerprint density at radius 1 is 1.17 bits per heavy atom. The first-order valence-electron chi connectivity index (χ1n) is 10.1. The van der Waals surface area contributed by atoms with Crippen LogP contribution in [0.25, 0.3) is 11.5 Å². The number of nitrogens with one attached hydrogen (secondary N) is 1. The molecule has 1 N–H and O–H groups in total. The number of hydrogen-bond acceptors (Lipinski definition) is 6. The standard InChI is InChI=1S/C22H25N5O2/c1-2-18-21(28)23-13-14-27(18)20-12-11-17(15-24-20)22-25-19(26-29-22)10-6-9-16-7-4-3-5-8-16/h3-5,7-8,11-12,15,18H,2,6,9-10,13-14H2,1H3,(H,23,28)/t18-/m0/s1. The summed E-state index contributed by atoms with van der Waals surface area (Å²) in [5.41, 5.74) is 2.10. The van der Waals surface area contributed by atoms with E-state index in [1.165, 1.54) is 5.56 Å². The van der Waals surface area contributed by atoms with Crippen molar-refractivity contribution in [1.82, 2.24) is 20.4 Å². The lowest BCUT2D eigenvalue weighted by molar-refractivity contribution is -0.123. The van der Waals surface area contributed by atoms with Crippen molar-refractivity contribution in [3.05, 3.63) is 60.0 Å². The van der Waals surface area contributed by atoms with E-state index in [1.54, 1.807) is 6.20 Å². The van der Waals surface area contributed by atoms with Gasteiger partial charge < -0.3 is 14.7 Å². The highest BCUT2D eigenvalue weighted by Gasteiger charge is 2.28. The lowest BCUT2D eigenvalue weighted by Gasteiger charge is -2.35. The average molecular weight is 391 g/mol. The van der Waals surface area contributed by atoms with Gasteiger partial charge in [-0.2, -0.15) is 4.98 Å². The predicted molar refractivity (Wildman–Crippen MR) is 110 cm³/mol. The fraction of sp³-hybridized carbons (Fsp3) is 0.364. The van der Waals surface area contributed by atoms with Gasteiger partial charge in [-0.3, -0.25) is 4.79 Å². The van der Waals surface area contributed by atoms with Crippen molar-refractivity contribution in [3.63, 3.8) is 0 Å². The van der Waals surface area contributed by atoms with Crippen LogP contribution in [0.1, 0.15) is 31.2 Å². The number of aryl methyl sites for hydroxylation is 2. The topological polar surface area (TPSA) is 84.2 Å². The smallest absolute Gasteiger partial charge is 0.259 e. The fourth-order valence-corrected chi connectivity index (χ4v) is 3.65. The third kappa shape index (κ3) is 4.45. The zero-order chi connectivity index (χ0) is 20.1. The van der Waals surface area contributed by atoms with Crippen molar-refractivity contribution in [2.45, 2.75) is 38.6 Å². The van der Waals surface area contributed by atoms with Crippen LogP contribution in [-0.4, -0.2) is 40.2 Å². The number of pyridine rings is 1. The summed E-state index contributed by atoms with van der Waals surface area (Å²) in [5.74, 6) is 2.03. The Labute approximate surface area is 170 Å². The molecule has 0 unspecified atom stereocenters. The maximum Gasteiger partial charge on any atom is 0.259 e. The van der Waals surface area contributed by atoms with Crippen molar-refractivity contribution in [3.8, 4) is 11.5 Å². The molecule has 0 aliphatic carbocycles. The summed E-state index contributed by atoms with van der Waals surface area (Å²) in [6.07, 6.45) is 5.20. The molecule has 0 spiro atoms. The van der Waals surface area contributed by atoms with Crippen LogP contribution in [0, 0.1) is 0 Å². The second-order valence-electron chi connectivity index (χ2n) is 7.17. The van der Waals surface area contributed by atoms with Crippen LogP contribution in [0.15, 0.2) is 53.2 Å². The SMILES string of the molecule is CC[C@H]1C(=O)NCCN1c1ccc(-c2nc(CCCc3ccccc3)no2)cn1. The Kier molecular flexibility index (Phi) is 5.84. The lowest BCUT2D eigenvalue weighted by atomic mass is 10.1. The quantitative estimate of drug-likeness (QED) is 0.666. The summed E-state index contributed by atoms with van der Waals surface area (Å²) in [6.45, 7) is 3.40. The van der Waals surface area contributed by atoms with E-state index in [0.717, 1.165) is 43.6 Å². The number of carbonyl (C=O) groups excluding carboxylic acids is 1. The van der Waals surface area contributed by atoms with E-state index < -0.39 is 0 Å². The van der Waals surface area contributed by atoms with Crippen molar-refractivity contribution in [2.75, 3.05) is 18.0 Å². The molecule has 3 aromatic rings. The van der Waals surface area contributed by atoms with Gasteiger partial charge in [0.15, 0.2) is 5.82 Å². The Bertz CT molecular complexity index is 939. The number of benzene rings is 1. The van der Waals surface area contributed by atoms with Crippen LogP contribution in [0.4, 0.5) is 5.82 Å². The van der Waals surface area contributed by atoms with E-state index in [2.05, 4.69) is 44.7 Å². The van der Waals surface area contributed by atoms with Gasteiger partial charge in [0, 0.05) is 25.7 Å². The van der Waals surface area contributed by atoms with Gasteiger partial charge in [0.25, 0.3) is 5.89 Å². The minimum Gasteiger partial charge on any atom is -0.353 e. The molecule has 0 bridgehead atoms. The fourth-order valence-electron chi connectivity index (χ4n) is 3.65. The van der Waals surface area contributed by atoms with Gasteiger partial charge in [-0.25, -0.2) is 4.98 Å². The average Bonchev–Trinajstić information content (AvgIpc) is 3.23. The van der Waals surface area contributed by atoms with Gasteiger partial charge in [-0.1, -0.05) is 42.4 Å². The number of amides is 1. The highest BCUT2D eigenvalue weighted by atomic mass is 16.5. The molecule has 1 atom stereocenters. The van der Waals surface area contributed by atoms with Gasteiger partial charge in [0.2, 0.25) is 5.91 Å². The summed E-state index contributed by atoms with van der Waals surface area (Å²) in [6, 6.07) is 14.0. The molecule has 0 saturated carbocycles. The van der Waals surface area contributed by atoms with Crippen LogP contribution in [0.5, 0.6) is 0 Å². The summed E-state index contributed by atoms with van der Waals surface area (Å²) in [5, 5.41) is 7.00. The molecule has 3 heterocycles. The third-order valence-corrected chi connectivity index (χ3v) is 5.18. The molecule has 0 radical (unpaired) electrons. The van der Waals surface area contributed by atoms with E-state index in [9.17, 15) is 4.79 Å². The Morgan fingerprint density at radius 3 is 2.79 bits per heavy atom. The van der Waals surface area contributed by atoms with E-state index in [1.807, 2.05) is 30.0 Å². The van der Waals surface area contributed by atoms with Gasteiger partial charge in [0.1, 0.15) is 11.9 Å². The normalized spacial score (nSPS) is 16.7. The first kappa shape index (κ1) is 19.1. The third-order valence-electron chi connectivity index (χ3n) is 5.18. The van der Waals surface area contributed by atoms with Gasteiger partial charge >= 0.3 is 0 Å². The lowest BCUT2D eigenvalue weighted by Crippen LogP contribution is -2.55. The van der Waals surface area contributed by atoms with Gasteiger partial charge in [-0.15, -0.1) is 0 Å². The highest BCUT2D eigenvalue weighted by Crippen LogP contribution is 2.22. The van der Waals surface area contributed by atoms with Crippen LogP contribution in [0.3, 0.4) is 0 Å². The first-order valence-corrected chi connectivity index (χ1v) is 10.1. The number of carbonyl (C=O) groups is 1. The molecule has 1 amide bonds. The van der Waals surface area contributed by atoms with Crippen LogP contribution < -0.4 is 10.2 Å². The van der Waals surface area contributed by atoms with Crippen LogP contribution >= 0.6 is 0 Å². The van der Waals surface area contributed by atoms with Crippen molar-refractivity contribution >= 4 is 11.7 Å². The number of rotatable bonds is 7. The van der Waals surface area contributed by atoms with Crippen molar-refractivity contribution in [1.29, 1.82) is 0 Å². The van der Waals surface area contributed by atoms with Gasteiger partial charge in [0.05, 0.1) is 5.56 Å². The minimum atomic E-state index is -0.179. The van der Waals surface area contributed by atoms with Crippen molar-refractivity contribution in [2.24, 2.45) is 0 Å². The van der Waals surface area contributed by atoms with Crippen LogP contribution in [0.2, 0.25) is 0 Å². The molecule has 2 aromatic heterocycles. The molecular weight excluding hydrogens is 366 g/mol. The zero-order valence-electron chi connectivity index (χ0n) is 16.5. The zero-order valence-corrected chi connectivity index (χ0v) is 16.5. The number of hydrogen-bond donors (Lipinski definition) is 1. The highest BCUT2D eigenvalue weighted by molar-refractivity contribution is 5.86. The van der Waals surface area contributed by atoms with E-state index in [0.29, 0.717) is 18.3 Å². The van der Waals surface area contributed by atoms with Crippen molar-refractivity contribution < 1.29 is 9.32 Å². The molecule has 7 heteroatoms. The van der Waals surface area contributed by atoms with E-state index in [4.69, 9.17) is 4.52 Å². The Morgan fingerprint density at radius 2 is 2.03 bits per heavy atom. The molecule has 1 aromatic carbocycles. The largest absolute Gasteiger partial charge is 0.353 e. The van der Waals surface area contributed by atoms with E-state index >= 15 is 0 Å². The Balaban J connectivity index is 1.38. The molecule has 1 aliphatic heterocycles. The Hall–Kier alpha value is -3.22. The molecule has 29 heavy (non-hydrogen) atoms. The van der Waals surface area contributed by atoms with Crippen LogP contribution in [-0.2, 0) is 17.6 Å². The molecule has 4 rings (SSSR count). The number of anilines is 1. The maximum absolute atomic E-state index is 12.1. The second-order valence-corrected chi connectivity index (χ2v) is 7.17. The molecule has 1 fully saturated rings. The minimum absolute atomic E-state index is 0.0571.